The normalized spacial score (nSPS) is 13.8. The lowest BCUT2D eigenvalue weighted by Crippen LogP contribution is -2.51. The first-order valence-corrected chi connectivity index (χ1v) is 11.1. The summed E-state index contributed by atoms with van der Waals surface area (Å²) in [6.45, 7) is 3.60. The molecule has 0 atom stereocenters. The number of ether oxygens (including phenoxy) is 2. The SMILES string of the molecule is COCC(=O)N1CCN(C(=O)c2cc(-c3cccc(OC)c3)n(-c3ccccc3F)c2C)CC1. The molecule has 2 amide bonds. The van der Waals surface area contributed by atoms with E-state index in [0.717, 1.165) is 5.56 Å². The highest BCUT2D eigenvalue weighted by molar-refractivity contribution is 5.97. The summed E-state index contributed by atoms with van der Waals surface area (Å²) in [5.41, 5.74) is 3.01. The predicted molar refractivity (Wildman–Crippen MR) is 127 cm³/mol. The van der Waals surface area contributed by atoms with E-state index in [1.807, 2.05) is 31.2 Å². The number of hydrogen-bond donors (Lipinski definition) is 0. The number of halogens is 1. The van der Waals surface area contributed by atoms with Gasteiger partial charge < -0.3 is 23.8 Å². The van der Waals surface area contributed by atoms with Crippen molar-refractivity contribution in [1.82, 2.24) is 14.4 Å². The number of benzene rings is 2. The Balaban J connectivity index is 1.71. The second-order valence-corrected chi connectivity index (χ2v) is 8.15. The van der Waals surface area contributed by atoms with Gasteiger partial charge in [0.05, 0.1) is 24.1 Å². The van der Waals surface area contributed by atoms with Gasteiger partial charge in [-0.05, 0) is 37.3 Å². The van der Waals surface area contributed by atoms with Gasteiger partial charge >= 0.3 is 0 Å². The molecule has 1 aliphatic heterocycles. The van der Waals surface area contributed by atoms with E-state index in [9.17, 15) is 14.0 Å². The molecule has 0 bridgehead atoms. The Labute approximate surface area is 198 Å². The standard InChI is InChI=1S/C26H28FN3O4/c1-18-21(26(32)29-13-11-28(12-14-29)25(31)17-33-2)16-24(19-7-6-8-20(15-19)34-3)30(18)23-10-5-4-9-22(23)27/h4-10,15-16H,11-14,17H2,1-3H3. The van der Waals surface area contributed by atoms with Gasteiger partial charge in [0.15, 0.2) is 0 Å². The van der Waals surface area contributed by atoms with Gasteiger partial charge in [-0.3, -0.25) is 9.59 Å². The number of piperazine rings is 1. The van der Waals surface area contributed by atoms with Crippen LogP contribution in [0.25, 0.3) is 16.9 Å². The molecule has 34 heavy (non-hydrogen) atoms. The van der Waals surface area contributed by atoms with Crippen LogP contribution in [-0.2, 0) is 9.53 Å². The number of para-hydroxylation sites is 1. The summed E-state index contributed by atoms with van der Waals surface area (Å²) in [6, 6.07) is 15.8. The number of amides is 2. The topological polar surface area (TPSA) is 64.0 Å². The summed E-state index contributed by atoms with van der Waals surface area (Å²) in [6.07, 6.45) is 0. The van der Waals surface area contributed by atoms with Crippen LogP contribution < -0.4 is 4.74 Å². The van der Waals surface area contributed by atoms with Crippen molar-refractivity contribution in [2.45, 2.75) is 6.92 Å². The maximum atomic E-state index is 14.9. The third-order valence-corrected chi connectivity index (χ3v) is 6.12. The Bertz CT molecular complexity index is 1200. The molecule has 1 saturated heterocycles. The van der Waals surface area contributed by atoms with E-state index in [1.165, 1.54) is 13.2 Å². The van der Waals surface area contributed by atoms with Gasteiger partial charge in [0.25, 0.3) is 5.91 Å². The summed E-state index contributed by atoms with van der Waals surface area (Å²) in [5.74, 6) is 0.0585. The zero-order chi connectivity index (χ0) is 24.2. The highest BCUT2D eigenvalue weighted by Crippen LogP contribution is 2.33. The lowest BCUT2D eigenvalue weighted by Gasteiger charge is -2.34. The molecule has 3 aromatic rings. The van der Waals surface area contributed by atoms with Crippen LogP contribution in [0.2, 0.25) is 0 Å². The predicted octanol–water partition coefficient (Wildman–Crippen LogP) is 3.53. The van der Waals surface area contributed by atoms with Gasteiger partial charge in [0.2, 0.25) is 5.91 Å². The molecule has 7 nitrogen and oxygen atoms in total. The van der Waals surface area contributed by atoms with E-state index < -0.39 is 0 Å². The number of nitrogens with zero attached hydrogens (tertiary/aromatic N) is 3. The highest BCUT2D eigenvalue weighted by Gasteiger charge is 2.28. The number of hydrogen-bond acceptors (Lipinski definition) is 4. The molecule has 4 rings (SSSR count). The summed E-state index contributed by atoms with van der Waals surface area (Å²) >= 11 is 0. The lowest BCUT2D eigenvalue weighted by molar-refractivity contribution is -0.136. The van der Waals surface area contributed by atoms with Crippen LogP contribution in [0.4, 0.5) is 4.39 Å². The molecule has 0 saturated carbocycles. The highest BCUT2D eigenvalue weighted by atomic mass is 19.1. The molecule has 0 N–H and O–H groups in total. The van der Waals surface area contributed by atoms with Gasteiger partial charge in [0.1, 0.15) is 18.2 Å². The summed E-state index contributed by atoms with van der Waals surface area (Å²) in [7, 11) is 3.08. The van der Waals surface area contributed by atoms with Crippen molar-refractivity contribution in [1.29, 1.82) is 0 Å². The molecule has 2 heterocycles. The van der Waals surface area contributed by atoms with Crippen molar-refractivity contribution >= 4 is 11.8 Å². The molecule has 0 spiro atoms. The minimum atomic E-state index is -0.380. The van der Waals surface area contributed by atoms with E-state index >= 15 is 0 Å². The van der Waals surface area contributed by atoms with Crippen molar-refractivity contribution in [2.24, 2.45) is 0 Å². The van der Waals surface area contributed by atoms with Crippen molar-refractivity contribution in [2.75, 3.05) is 47.0 Å². The fraction of sp³-hybridized carbons (Fsp3) is 0.308. The average molecular weight is 466 g/mol. The van der Waals surface area contributed by atoms with Crippen LogP contribution in [0.5, 0.6) is 5.75 Å². The van der Waals surface area contributed by atoms with E-state index in [2.05, 4.69) is 0 Å². The Morgan fingerprint density at radius 2 is 1.65 bits per heavy atom. The first-order valence-electron chi connectivity index (χ1n) is 11.1. The molecule has 8 heteroatoms. The molecule has 1 aliphatic rings. The van der Waals surface area contributed by atoms with Gasteiger partial charge in [-0.2, -0.15) is 0 Å². The monoisotopic (exact) mass is 465 g/mol. The van der Waals surface area contributed by atoms with Gasteiger partial charge in [-0.25, -0.2) is 4.39 Å². The molecule has 0 unspecified atom stereocenters. The minimum absolute atomic E-state index is 0.0302. The average Bonchev–Trinajstić information content (AvgIpc) is 3.21. The quantitative estimate of drug-likeness (QED) is 0.559. The van der Waals surface area contributed by atoms with Crippen LogP contribution in [0.15, 0.2) is 54.6 Å². The van der Waals surface area contributed by atoms with Crippen molar-refractivity contribution in [3.8, 4) is 22.7 Å². The molecular formula is C26H28FN3O4. The van der Waals surface area contributed by atoms with Crippen LogP contribution >= 0.6 is 0 Å². The molecule has 1 fully saturated rings. The maximum Gasteiger partial charge on any atom is 0.255 e. The Hall–Kier alpha value is -3.65. The number of methoxy groups -OCH3 is 2. The van der Waals surface area contributed by atoms with E-state index in [1.54, 1.807) is 45.7 Å². The van der Waals surface area contributed by atoms with Crippen LogP contribution in [-0.4, -0.2) is 73.2 Å². The number of carbonyl (C=O) groups is 2. The van der Waals surface area contributed by atoms with Crippen molar-refractivity contribution in [3.63, 3.8) is 0 Å². The number of carbonyl (C=O) groups excluding carboxylic acids is 2. The maximum absolute atomic E-state index is 14.9. The smallest absolute Gasteiger partial charge is 0.255 e. The molecule has 2 aromatic carbocycles. The van der Waals surface area contributed by atoms with E-state index in [0.29, 0.717) is 54.6 Å². The zero-order valence-corrected chi connectivity index (χ0v) is 19.6. The third-order valence-electron chi connectivity index (χ3n) is 6.12. The Morgan fingerprint density at radius 3 is 2.32 bits per heavy atom. The molecule has 0 radical (unpaired) electrons. The Kier molecular flexibility index (Phi) is 6.98. The van der Waals surface area contributed by atoms with Crippen LogP contribution in [0.1, 0.15) is 16.1 Å². The summed E-state index contributed by atoms with van der Waals surface area (Å²) in [5, 5.41) is 0. The van der Waals surface area contributed by atoms with Crippen molar-refractivity contribution in [3.05, 3.63) is 71.7 Å². The fourth-order valence-corrected chi connectivity index (χ4v) is 4.31. The van der Waals surface area contributed by atoms with E-state index in [-0.39, 0.29) is 24.2 Å². The molecule has 1 aromatic heterocycles. The third kappa shape index (κ3) is 4.54. The van der Waals surface area contributed by atoms with Crippen molar-refractivity contribution < 1.29 is 23.5 Å². The van der Waals surface area contributed by atoms with Gasteiger partial charge in [0, 0.05) is 44.5 Å². The molecule has 178 valence electrons. The van der Waals surface area contributed by atoms with Crippen LogP contribution in [0, 0.1) is 12.7 Å². The number of aromatic nitrogens is 1. The first-order chi connectivity index (χ1) is 16.4. The zero-order valence-electron chi connectivity index (χ0n) is 19.6. The second kappa shape index (κ2) is 10.1. The lowest BCUT2D eigenvalue weighted by atomic mass is 10.1. The fourth-order valence-electron chi connectivity index (χ4n) is 4.31. The van der Waals surface area contributed by atoms with Gasteiger partial charge in [-0.15, -0.1) is 0 Å². The van der Waals surface area contributed by atoms with Crippen LogP contribution in [0.3, 0.4) is 0 Å². The Morgan fingerprint density at radius 1 is 0.941 bits per heavy atom. The summed E-state index contributed by atoms with van der Waals surface area (Å²) in [4.78, 5) is 29.1. The first kappa shape index (κ1) is 23.5. The largest absolute Gasteiger partial charge is 0.497 e. The number of rotatable bonds is 6. The molecule has 0 aliphatic carbocycles. The minimum Gasteiger partial charge on any atom is -0.497 e. The molecular weight excluding hydrogens is 437 g/mol. The summed E-state index contributed by atoms with van der Waals surface area (Å²) < 4.78 is 26.9. The van der Waals surface area contributed by atoms with Gasteiger partial charge in [-0.1, -0.05) is 24.3 Å². The second-order valence-electron chi connectivity index (χ2n) is 8.15. The van der Waals surface area contributed by atoms with E-state index in [4.69, 9.17) is 9.47 Å².